The van der Waals surface area contributed by atoms with Crippen LogP contribution in [0.15, 0.2) is 54.6 Å². The maximum atomic E-state index is 12.6. The molecule has 1 aliphatic heterocycles. The van der Waals surface area contributed by atoms with Gasteiger partial charge >= 0.3 is 0 Å². The summed E-state index contributed by atoms with van der Waals surface area (Å²) in [6, 6.07) is 17.5. The summed E-state index contributed by atoms with van der Waals surface area (Å²) in [7, 11) is 0. The summed E-state index contributed by atoms with van der Waals surface area (Å²) in [6.45, 7) is 1.97. The first kappa shape index (κ1) is 18.7. The van der Waals surface area contributed by atoms with Crippen LogP contribution in [0.25, 0.3) is 0 Å². The molecular weight excluding hydrogens is 352 g/mol. The van der Waals surface area contributed by atoms with Gasteiger partial charge in [0.05, 0.1) is 6.04 Å². The van der Waals surface area contributed by atoms with Crippen LogP contribution >= 0.6 is 0 Å². The Hall–Kier alpha value is -2.70. The van der Waals surface area contributed by atoms with Crippen molar-refractivity contribution in [1.29, 1.82) is 0 Å². The lowest BCUT2D eigenvalue weighted by molar-refractivity contribution is -0.123. The third-order valence-electron chi connectivity index (χ3n) is 5.41. The van der Waals surface area contributed by atoms with Crippen LogP contribution in [0.2, 0.25) is 0 Å². The van der Waals surface area contributed by atoms with Gasteiger partial charge in [0.1, 0.15) is 6.04 Å². The van der Waals surface area contributed by atoms with Gasteiger partial charge in [-0.1, -0.05) is 42.5 Å². The maximum absolute atomic E-state index is 12.6. The Morgan fingerprint density at radius 3 is 2.36 bits per heavy atom. The minimum absolute atomic E-state index is 0.0236. The maximum Gasteiger partial charge on any atom is 0.239 e. The Morgan fingerprint density at radius 1 is 0.964 bits per heavy atom. The number of hydrazine groups is 1. The summed E-state index contributed by atoms with van der Waals surface area (Å²) in [5.41, 5.74) is 9.27. The summed E-state index contributed by atoms with van der Waals surface area (Å²) < 4.78 is 0. The Labute approximate surface area is 165 Å². The second kappa shape index (κ2) is 8.12. The van der Waals surface area contributed by atoms with Crippen molar-refractivity contribution in [3.8, 4) is 0 Å². The molecule has 1 heterocycles. The fourth-order valence-electron chi connectivity index (χ4n) is 3.47. The lowest BCUT2D eigenvalue weighted by Gasteiger charge is -2.18. The minimum Gasteiger partial charge on any atom is -0.348 e. The molecular formula is C22H26N4O2. The molecule has 0 aromatic heterocycles. The van der Waals surface area contributed by atoms with E-state index in [1.165, 1.54) is 5.56 Å². The van der Waals surface area contributed by atoms with Crippen LogP contribution < -0.4 is 21.5 Å². The molecule has 6 heteroatoms. The van der Waals surface area contributed by atoms with Gasteiger partial charge in [-0.05, 0) is 49.4 Å². The largest absolute Gasteiger partial charge is 0.348 e. The molecule has 2 fully saturated rings. The normalized spacial score (nSPS) is 22.5. The highest BCUT2D eigenvalue weighted by Crippen LogP contribution is 2.30. The van der Waals surface area contributed by atoms with Crippen LogP contribution in [-0.2, 0) is 9.59 Å². The quantitative estimate of drug-likeness (QED) is 0.623. The van der Waals surface area contributed by atoms with Crippen molar-refractivity contribution >= 4 is 17.5 Å². The first-order chi connectivity index (χ1) is 13.6. The fraction of sp³-hybridized carbons (Fsp3) is 0.364. The predicted molar refractivity (Wildman–Crippen MR) is 108 cm³/mol. The van der Waals surface area contributed by atoms with Gasteiger partial charge in [-0.25, -0.2) is 10.9 Å². The van der Waals surface area contributed by atoms with Crippen LogP contribution in [0, 0.1) is 5.92 Å². The lowest BCUT2D eigenvalue weighted by atomic mass is 10.0. The average molecular weight is 378 g/mol. The van der Waals surface area contributed by atoms with E-state index in [2.05, 4.69) is 33.6 Å². The highest BCUT2D eigenvalue weighted by Gasteiger charge is 2.31. The highest BCUT2D eigenvalue weighted by molar-refractivity contribution is 5.94. The predicted octanol–water partition coefficient (Wildman–Crippen LogP) is 2.82. The number of hydrogen-bond acceptors (Lipinski definition) is 4. The van der Waals surface area contributed by atoms with Gasteiger partial charge in [0.2, 0.25) is 11.8 Å². The van der Waals surface area contributed by atoms with Crippen molar-refractivity contribution in [1.82, 2.24) is 16.2 Å². The number of carbonyl (C=O) groups is 2. The Kier molecular flexibility index (Phi) is 5.41. The zero-order chi connectivity index (χ0) is 19.5. The molecule has 3 unspecified atom stereocenters. The van der Waals surface area contributed by atoms with E-state index >= 15 is 0 Å². The molecule has 146 valence electrons. The number of benzene rings is 2. The smallest absolute Gasteiger partial charge is 0.239 e. The number of amides is 2. The first-order valence-electron chi connectivity index (χ1n) is 9.87. The van der Waals surface area contributed by atoms with Crippen LogP contribution in [-0.4, -0.2) is 17.9 Å². The molecule has 28 heavy (non-hydrogen) atoms. The Morgan fingerprint density at radius 2 is 1.68 bits per heavy atom. The second-order valence-corrected chi connectivity index (χ2v) is 7.66. The molecule has 1 saturated heterocycles. The number of anilines is 1. The highest BCUT2D eigenvalue weighted by atomic mass is 16.2. The molecule has 6 nitrogen and oxygen atoms in total. The van der Waals surface area contributed by atoms with Gasteiger partial charge in [0, 0.05) is 17.6 Å². The van der Waals surface area contributed by atoms with Crippen molar-refractivity contribution in [3.63, 3.8) is 0 Å². The number of rotatable bonds is 6. The standard InChI is InChI=1S/C22H26N4O2/c1-14(15-9-11-18(12-10-15)24-21(27)17-7-8-17)23-22(28)20-13-19(25-26-20)16-5-3-2-4-6-16/h2-6,9-12,14,17,19-20,25-26H,7-8,13H2,1H3,(H,23,28)(H,24,27). The Balaban J connectivity index is 1.30. The summed E-state index contributed by atoms with van der Waals surface area (Å²) in [5, 5.41) is 6.00. The van der Waals surface area contributed by atoms with Crippen molar-refractivity contribution in [2.24, 2.45) is 5.92 Å². The van der Waals surface area contributed by atoms with Crippen LogP contribution in [0.3, 0.4) is 0 Å². The molecule has 1 saturated carbocycles. The summed E-state index contributed by atoms with van der Waals surface area (Å²) in [5.74, 6) is 0.261. The topological polar surface area (TPSA) is 82.3 Å². The van der Waals surface area contributed by atoms with Gasteiger partial charge in [0.15, 0.2) is 0 Å². The van der Waals surface area contributed by atoms with Gasteiger partial charge in [-0.3, -0.25) is 9.59 Å². The first-order valence-corrected chi connectivity index (χ1v) is 9.87. The molecule has 3 atom stereocenters. The summed E-state index contributed by atoms with van der Waals surface area (Å²) in [4.78, 5) is 24.5. The lowest BCUT2D eigenvalue weighted by Crippen LogP contribution is -2.43. The number of hydrogen-bond donors (Lipinski definition) is 4. The molecule has 4 rings (SSSR count). The van der Waals surface area contributed by atoms with Crippen molar-refractivity contribution in [3.05, 3.63) is 65.7 Å². The minimum atomic E-state index is -0.273. The monoisotopic (exact) mass is 378 g/mol. The van der Waals surface area contributed by atoms with Crippen LogP contribution in [0.4, 0.5) is 5.69 Å². The van der Waals surface area contributed by atoms with Crippen molar-refractivity contribution in [2.75, 3.05) is 5.32 Å². The number of carbonyl (C=O) groups excluding carboxylic acids is 2. The average Bonchev–Trinajstić information content (AvgIpc) is 3.45. The number of nitrogens with one attached hydrogen (secondary N) is 4. The molecule has 0 spiro atoms. The van der Waals surface area contributed by atoms with E-state index in [1.807, 2.05) is 49.4 Å². The van der Waals surface area contributed by atoms with Crippen LogP contribution in [0.1, 0.15) is 49.4 Å². The van der Waals surface area contributed by atoms with Gasteiger partial charge in [0.25, 0.3) is 0 Å². The van der Waals surface area contributed by atoms with E-state index in [-0.39, 0.29) is 35.9 Å². The third-order valence-corrected chi connectivity index (χ3v) is 5.41. The molecule has 0 bridgehead atoms. The van der Waals surface area contributed by atoms with E-state index in [9.17, 15) is 9.59 Å². The van der Waals surface area contributed by atoms with Gasteiger partial charge < -0.3 is 10.6 Å². The molecule has 4 N–H and O–H groups in total. The summed E-state index contributed by atoms with van der Waals surface area (Å²) >= 11 is 0. The van der Waals surface area contributed by atoms with E-state index in [0.29, 0.717) is 6.42 Å². The third kappa shape index (κ3) is 4.40. The molecule has 1 aliphatic carbocycles. The molecule has 0 radical (unpaired) electrons. The van der Waals surface area contributed by atoms with E-state index in [0.717, 1.165) is 24.1 Å². The van der Waals surface area contributed by atoms with E-state index < -0.39 is 0 Å². The zero-order valence-electron chi connectivity index (χ0n) is 15.9. The molecule has 2 aromatic carbocycles. The van der Waals surface area contributed by atoms with E-state index in [4.69, 9.17) is 0 Å². The Bertz CT molecular complexity index is 833. The second-order valence-electron chi connectivity index (χ2n) is 7.66. The SMILES string of the molecule is CC(NC(=O)C1CC(c2ccccc2)NN1)c1ccc(NC(=O)C2CC2)cc1. The molecule has 2 amide bonds. The van der Waals surface area contributed by atoms with Crippen molar-refractivity contribution in [2.45, 2.75) is 44.3 Å². The van der Waals surface area contributed by atoms with Gasteiger partial charge in [-0.15, -0.1) is 0 Å². The molecule has 2 aliphatic rings. The molecule has 2 aromatic rings. The zero-order valence-corrected chi connectivity index (χ0v) is 15.9. The van der Waals surface area contributed by atoms with Crippen LogP contribution in [0.5, 0.6) is 0 Å². The summed E-state index contributed by atoms with van der Waals surface area (Å²) in [6.07, 6.45) is 2.68. The van der Waals surface area contributed by atoms with E-state index in [1.54, 1.807) is 0 Å². The van der Waals surface area contributed by atoms with Crippen molar-refractivity contribution < 1.29 is 9.59 Å². The fourth-order valence-corrected chi connectivity index (χ4v) is 3.47. The van der Waals surface area contributed by atoms with Gasteiger partial charge in [-0.2, -0.15) is 0 Å².